The van der Waals surface area contributed by atoms with Gasteiger partial charge in [0.25, 0.3) is 5.91 Å². The second-order valence-electron chi connectivity index (χ2n) is 4.59. The Bertz CT molecular complexity index is 659. The maximum Gasteiger partial charge on any atom is 0.273 e. The van der Waals surface area contributed by atoms with Crippen molar-refractivity contribution in [1.29, 1.82) is 0 Å². The molecule has 1 heterocycles. The number of nitrogens with two attached hydrogens (primary N) is 1. The smallest absolute Gasteiger partial charge is 0.273 e. The van der Waals surface area contributed by atoms with E-state index in [9.17, 15) is 13.6 Å². The highest BCUT2D eigenvalue weighted by atomic mass is 32.1. The number of amides is 1. The maximum atomic E-state index is 13.8. The number of aromatic nitrogens is 1. The lowest BCUT2D eigenvalue weighted by Gasteiger charge is -2.25. The van der Waals surface area contributed by atoms with Gasteiger partial charge in [-0.05, 0) is 25.1 Å². The Morgan fingerprint density at radius 1 is 1.48 bits per heavy atom. The van der Waals surface area contributed by atoms with Crippen molar-refractivity contribution in [3.63, 3.8) is 0 Å². The molecule has 21 heavy (non-hydrogen) atoms. The monoisotopic (exact) mass is 311 g/mol. The molecule has 0 radical (unpaired) electrons. The van der Waals surface area contributed by atoms with Crippen LogP contribution in [0.2, 0.25) is 0 Å². The number of hydrogen-bond acceptors (Lipinski definition) is 4. The average molecular weight is 311 g/mol. The Hall–Kier alpha value is -1.86. The molecule has 1 aromatic carbocycles. The van der Waals surface area contributed by atoms with Gasteiger partial charge in [-0.3, -0.25) is 4.79 Å². The maximum absolute atomic E-state index is 13.8. The first-order chi connectivity index (χ1) is 9.93. The standard InChI is InChI=1S/C14H15F2N3OS/c1-8(10-5-9(15)3-4-11(10)16)19(2)14(20)12-7-21-13(6-17)18-12/h3-5,7-8H,6,17H2,1-2H3. The minimum Gasteiger partial charge on any atom is -0.333 e. The number of halogens is 2. The lowest BCUT2D eigenvalue weighted by atomic mass is 10.1. The van der Waals surface area contributed by atoms with Gasteiger partial charge < -0.3 is 10.6 Å². The molecule has 112 valence electrons. The van der Waals surface area contributed by atoms with Crippen molar-refractivity contribution in [1.82, 2.24) is 9.88 Å². The molecule has 4 nitrogen and oxygen atoms in total. The van der Waals surface area contributed by atoms with Gasteiger partial charge in [0.2, 0.25) is 0 Å². The van der Waals surface area contributed by atoms with Crippen molar-refractivity contribution in [2.45, 2.75) is 19.5 Å². The summed E-state index contributed by atoms with van der Waals surface area (Å²) in [7, 11) is 1.53. The largest absolute Gasteiger partial charge is 0.333 e. The van der Waals surface area contributed by atoms with E-state index in [1.54, 1.807) is 12.3 Å². The van der Waals surface area contributed by atoms with E-state index in [1.165, 1.54) is 23.3 Å². The van der Waals surface area contributed by atoms with Crippen molar-refractivity contribution in [3.05, 3.63) is 51.5 Å². The van der Waals surface area contributed by atoms with E-state index >= 15 is 0 Å². The molecule has 0 aliphatic rings. The molecule has 1 atom stereocenters. The summed E-state index contributed by atoms with van der Waals surface area (Å²) in [6.07, 6.45) is 0. The van der Waals surface area contributed by atoms with Gasteiger partial charge in [-0.1, -0.05) is 0 Å². The fraction of sp³-hybridized carbons (Fsp3) is 0.286. The summed E-state index contributed by atoms with van der Waals surface area (Å²) in [6, 6.07) is 2.57. The van der Waals surface area contributed by atoms with Gasteiger partial charge >= 0.3 is 0 Å². The predicted octanol–water partition coefficient (Wildman–Crippen LogP) is 2.71. The second-order valence-corrected chi connectivity index (χ2v) is 5.53. The summed E-state index contributed by atoms with van der Waals surface area (Å²) in [4.78, 5) is 17.7. The van der Waals surface area contributed by atoms with Crippen LogP contribution < -0.4 is 5.73 Å². The number of carbonyl (C=O) groups is 1. The molecule has 2 aromatic rings. The SMILES string of the molecule is CC(c1cc(F)ccc1F)N(C)C(=O)c1csc(CN)n1. The fourth-order valence-electron chi connectivity index (χ4n) is 1.90. The molecule has 0 spiro atoms. The van der Waals surface area contributed by atoms with Crippen LogP contribution in [-0.2, 0) is 6.54 Å². The Labute approximate surface area is 125 Å². The minimum absolute atomic E-state index is 0.125. The van der Waals surface area contributed by atoms with Crippen LogP contribution in [0.4, 0.5) is 8.78 Å². The van der Waals surface area contributed by atoms with Crippen LogP contribution in [0.25, 0.3) is 0 Å². The van der Waals surface area contributed by atoms with Crippen LogP contribution >= 0.6 is 11.3 Å². The Morgan fingerprint density at radius 3 is 2.81 bits per heavy atom. The summed E-state index contributed by atoms with van der Waals surface area (Å²) in [5.74, 6) is -1.45. The fourth-order valence-corrected chi connectivity index (χ4v) is 2.55. The zero-order chi connectivity index (χ0) is 15.6. The average Bonchev–Trinajstić information content (AvgIpc) is 2.96. The molecular weight excluding hydrogens is 296 g/mol. The molecule has 1 unspecified atom stereocenters. The zero-order valence-electron chi connectivity index (χ0n) is 11.6. The van der Waals surface area contributed by atoms with Crippen LogP contribution in [0.3, 0.4) is 0 Å². The van der Waals surface area contributed by atoms with Crippen LogP contribution in [0.15, 0.2) is 23.6 Å². The van der Waals surface area contributed by atoms with Gasteiger partial charge in [0.1, 0.15) is 22.3 Å². The zero-order valence-corrected chi connectivity index (χ0v) is 12.5. The molecule has 2 rings (SSSR count). The summed E-state index contributed by atoms with van der Waals surface area (Å²) in [5.41, 5.74) is 5.84. The topological polar surface area (TPSA) is 59.2 Å². The summed E-state index contributed by atoms with van der Waals surface area (Å²) in [5, 5.41) is 2.26. The number of benzene rings is 1. The Morgan fingerprint density at radius 2 is 2.19 bits per heavy atom. The first-order valence-corrected chi connectivity index (χ1v) is 7.18. The normalized spacial score (nSPS) is 12.2. The van der Waals surface area contributed by atoms with Crippen molar-refractivity contribution in [2.75, 3.05) is 7.05 Å². The minimum atomic E-state index is -0.615. The van der Waals surface area contributed by atoms with Gasteiger partial charge in [0, 0.05) is 24.5 Å². The molecule has 0 saturated carbocycles. The Kier molecular flexibility index (Phi) is 4.64. The number of thiazole rings is 1. The van der Waals surface area contributed by atoms with E-state index in [2.05, 4.69) is 4.98 Å². The number of rotatable bonds is 4. The summed E-state index contributed by atoms with van der Waals surface area (Å²) >= 11 is 1.29. The van der Waals surface area contributed by atoms with Gasteiger partial charge in [0.05, 0.1) is 6.04 Å². The van der Waals surface area contributed by atoms with Gasteiger partial charge in [-0.2, -0.15) is 0 Å². The van der Waals surface area contributed by atoms with Gasteiger partial charge in [0.15, 0.2) is 0 Å². The van der Waals surface area contributed by atoms with Crippen molar-refractivity contribution in [3.8, 4) is 0 Å². The quantitative estimate of drug-likeness (QED) is 0.944. The first kappa shape index (κ1) is 15.5. The second kappa shape index (κ2) is 6.28. The molecule has 7 heteroatoms. The molecule has 2 N–H and O–H groups in total. The molecule has 0 saturated heterocycles. The first-order valence-electron chi connectivity index (χ1n) is 6.30. The highest BCUT2D eigenvalue weighted by Crippen LogP contribution is 2.24. The van der Waals surface area contributed by atoms with Crippen molar-refractivity contribution >= 4 is 17.2 Å². The van der Waals surface area contributed by atoms with Crippen LogP contribution in [-0.4, -0.2) is 22.8 Å². The van der Waals surface area contributed by atoms with Crippen molar-refractivity contribution in [2.24, 2.45) is 5.73 Å². The van der Waals surface area contributed by atoms with E-state index in [0.717, 1.165) is 18.2 Å². The van der Waals surface area contributed by atoms with E-state index in [0.29, 0.717) is 5.01 Å². The Balaban J connectivity index is 2.23. The van der Waals surface area contributed by atoms with E-state index < -0.39 is 17.7 Å². The van der Waals surface area contributed by atoms with Crippen molar-refractivity contribution < 1.29 is 13.6 Å². The molecule has 0 aliphatic heterocycles. The molecular formula is C14H15F2N3OS. The third-order valence-electron chi connectivity index (χ3n) is 3.25. The molecule has 1 amide bonds. The molecule has 0 aliphatic carbocycles. The van der Waals surface area contributed by atoms with Crippen LogP contribution in [0, 0.1) is 11.6 Å². The highest BCUT2D eigenvalue weighted by Gasteiger charge is 2.23. The summed E-state index contributed by atoms with van der Waals surface area (Å²) in [6.45, 7) is 1.89. The molecule has 0 bridgehead atoms. The highest BCUT2D eigenvalue weighted by molar-refractivity contribution is 7.09. The number of hydrogen-bond donors (Lipinski definition) is 1. The lowest BCUT2D eigenvalue weighted by molar-refractivity contribution is 0.0735. The van der Waals surface area contributed by atoms with Crippen LogP contribution in [0.5, 0.6) is 0 Å². The van der Waals surface area contributed by atoms with E-state index in [1.807, 2.05) is 0 Å². The third-order valence-corrected chi connectivity index (χ3v) is 4.13. The van der Waals surface area contributed by atoms with E-state index in [4.69, 9.17) is 5.73 Å². The van der Waals surface area contributed by atoms with Crippen LogP contribution in [0.1, 0.15) is 34.0 Å². The lowest BCUT2D eigenvalue weighted by Crippen LogP contribution is -2.30. The molecule has 0 fully saturated rings. The predicted molar refractivity (Wildman–Crippen MR) is 76.9 cm³/mol. The number of carbonyl (C=O) groups excluding carboxylic acids is 1. The van der Waals surface area contributed by atoms with E-state index in [-0.39, 0.29) is 23.7 Å². The summed E-state index contributed by atoms with van der Waals surface area (Å²) < 4.78 is 27.0. The third kappa shape index (κ3) is 3.25. The molecule has 1 aromatic heterocycles. The van der Waals surface area contributed by atoms with Gasteiger partial charge in [-0.25, -0.2) is 13.8 Å². The number of nitrogens with zero attached hydrogens (tertiary/aromatic N) is 2. The van der Waals surface area contributed by atoms with Gasteiger partial charge in [-0.15, -0.1) is 11.3 Å².